The molecule has 0 saturated heterocycles. The highest BCUT2D eigenvalue weighted by Gasteiger charge is 2.09. The molecule has 1 aromatic heterocycles. The van der Waals surface area contributed by atoms with Gasteiger partial charge in [0.15, 0.2) is 11.6 Å². The van der Waals surface area contributed by atoms with Crippen molar-refractivity contribution >= 4 is 16.6 Å². The van der Waals surface area contributed by atoms with E-state index in [0.717, 1.165) is 22.7 Å². The minimum atomic E-state index is -0.833. The SMILES string of the molecule is CC(Nc1ccc2cn[nH]c2c1)c1ccc(F)c(F)c1. The summed E-state index contributed by atoms with van der Waals surface area (Å²) in [6, 6.07) is 9.59. The number of aromatic amines is 1. The summed E-state index contributed by atoms with van der Waals surface area (Å²) in [5.74, 6) is -1.67. The maximum atomic E-state index is 13.2. The molecule has 0 amide bonds. The maximum absolute atomic E-state index is 13.2. The Balaban J connectivity index is 1.83. The van der Waals surface area contributed by atoms with E-state index in [1.54, 1.807) is 12.3 Å². The van der Waals surface area contributed by atoms with Crippen LogP contribution in [0.1, 0.15) is 18.5 Å². The summed E-state index contributed by atoms with van der Waals surface area (Å²) in [5.41, 5.74) is 2.50. The Hall–Kier alpha value is -2.43. The van der Waals surface area contributed by atoms with Crippen LogP contribution in [0, 0.1) is 11.6 Å². The van der Waals surface area contributed by atoms with Gasteiger partial charge in [0.2, 0.25) is 0 Å². The molecule has 0 radical (unpaired) electrons. The van der Waals surface area contributed by atoms with Crippen LogP contribution in [0.4, 0.5) is 14.5 Å². The van der Waals surface area contributed by atoms with Gasteiger partial charge in [0.05, 0.1) is 11.7 Å². The highest BCUT2D eigenvalue weighted by Crippen LogP contribution is 2.23. The number of halogens is 2. The molecule has 3 nitrogen and oxygen atoms in total. The van der Waals surface area contributed by atoms with Gasteiger partial charge in [-0.15, -0.1) is 0 Å². The number of hydrogen-bond donors (Lipinski definition) is 2. The number of nitrogens with one attached hydrogen (secondary N) is 2. The molecule has 1 unspecified atom stereocenters. The molecule has 0 saturated carbocycles. The minimum Gasteiger partial charge on any atom is -0.378 e. The zero-order valence-electron chi connectivity index (χ0n) is 10.8. The minimum absolute atomic E-state index is 0.134. The van der Waals surface area contributed by atoms with Gasteiger partial charge in [-0.2, -0.15) is 5.10 Å². The zero-order chi connectivity index (χ0) is 14.1. The molecule has 0 aliphatic heterocycles. The van der Waals surface area contributed by atoms with Crippen LogP contribution >= 0.6 is 0 Å². The van der Waals surface area contributed by atoms with Crippen molar-refractivity contribution in [2.45, 2.75) is 13.0 Å². The van der Waals surface area contributed by atoms with E-state index in [-0.39, 0.29) is 6.04 Å². The van der Waals surface area contributed by atoms with Crippen LogP contribution in [0.25, 0.3) is 10.9 Å². The van der Waals surface area contributed by atoms with Crippen LogP contribution in [-0.2, 0) is 0 Å². The van der Waals surface area contributed by atoms with Crippen molar-refractivity contribution in [2.24, 2.45) is 0 Å². The van der Waals surface area contributed by atoms with Crippen LogP contribution in [0.15, 0.2) is 42.6 Å². The summed E-state index contributed by atoms with van der Waals surface area (Å²) in [4.78, 5) is 0. The van der Waals surface area contributed by atoms with Crippen molar-refractivity contribution in [1.29, 1.82) is 0 Å². The van der Waals surface area contributed by atoms with Crippen LogP contribution in [-0.4, -0.2) is 10.2 Å². The number of benzene rings is 2. The second kappa shape index (κ2) is 4.92. The number of H-pyrrole nitrogens is 1. The third-order valence-electron chi connectivity index (χ3n) is 3.27. The lowest BCUT2D eigenvalue weighted by Gasteiger charge is -2.16. The first-order valence-electron chi connectivity index (χ1n) is 6.28. The lowest BCUT2D eigenvalue weighted by Crippen LogP contribution is -2.07. The highest BCUT2D eigenvalue weighted by atomic mass is 19.2. The van der Waals surface area contributed by atoms with Crippen LogP contribution in [0.3, 0.4) is 0 Å². The smallest absolute Gasteiger partial charge is 0.159 e. The Morgan fingerprint density at radius 3 is 2.75 bits per heavy atom. The zero-order valence-corrected chi connectivity index (χ0v) is 10.8. The number of anilines is 1. The first-order chi connectivity index (χ1) is 9.63. The van der Waals surface area contributed by atoms with E-state index in [9.17, 15) is 8.78 Å². The first-order valence-corrected chi connectivity index (χ1v) is 6.28. The Morgan fingerprint density at radius 1 is 1.10 bits per heavy atom. The van der Waals surface area contributed by atoms with Crippen molar-refractivity contribution in [3.05, 3.63) is 59.8 Å². The van der Waals surface area contributed by atoms with E-state index in [4.69, 9.17) is 0 Å². The molecular formula is C15H13F2N3. The summed E-state index contributed by atoms with van der Waals surface area (Å²) >= 11 is 0. The monoisotopic (exact) mass is 273 g/mol. The summed E-state index contributed by atoms with van der Waals surface area (Å²) < 4.78 is 26.2. The molecule has 0 bridgehead atoms. The molecule has 0 aliphatic rings. The van der Waals surface area contributed by atoms with E-state index in [1.165, 1.54) is 6.07 Å². The molecule has 0 fully saturated rings. The van der Waals surface area contributed by atoms with Crippen LogP contribution in [0.2, 0.25) is 0 Å². The Morgan fingerprint density at radius 2 is 1.95 bits per heavy atom. The fraction of sp³-hybridized carbons (Fsp3) is 0.133. The van der Waals surface area contributed by atoms with Gasteiger partial charge < -0.3 is 5.32 Å². The van der Waals surface area contributed by atoms with Crippen molar-refractivity contribution in [2.75, 3.05) is 5.32 Å². The van der Waals surface area contributed by atoms with Crippen molar-refractivity contribution < 1.29 is 8.78 Å². The van der Waals surface area contributed by atoms with E-state index in [2.05, 4.69) is 15.5 Å². The standard InChI is InChI=1S/C15H13F2N3/c1-9(10-3-5-13(16)14(17)6-10)19-12-4-2-11-8-18-20-15(11)7-12/h2-9,19H,1H3,(H,18,20). The molecule has 0 aliphatic carbocycles. The molecule has 3 rings (SSSR count). The van der Waals surface area contributed by atoms with Crippen LogP contribution in [0.5, 0.6) is 0 Å². The normalized spacial score (nSPS) is 12.6. The van der Waals surface area contributed by atoms with E-state index >= 15 is 0 Å². The largest absolute Gasteiger partial charge is 0.378 e. The maximum Gasteiger partial charge on any atom is 0.159 e. The van der Waals surface area contributed by atoms with Crippen molar-refractivity contribution in [1.82, 2.24) is 10.2 Å². The van der Waals surface area contributed by atoms with Crippen molar-refractivity contribution in [3.63, 3.8) is 0 Å². The van der Waals surface area contributed by atoms with Crippen LogP contribution < -0.4 is 5.32 Å². The van der Waals surface area contributed by atoms with Gasteiger partial charge in [0, 0.05) is 17.1 Å². The van der Waals surface area contributed by atoms with Gasteiger partial charge >= 0.3 is 0 Å². The van der Waals surface area contributed by atoms with E-state index in [0.29, 0.717) is 5.56 Å². The Kier molecular flexibility index (Phi) is 3.10. The van der Waals surface area contributed by atoms with Crippen molar-refractivity contribution in [3.8, 4) is 0 Å². The average molecular weight is 273 g/mol. The lowest BCUT2D eigenvalue weighted by molar-refractivity contribution is 0.506. The molecule has 5 heteroatoms. The van der Waals surface area contributed by atoms with Gasteiger partial charge in [-0.3, -0.25) is 5.10 Å². The molecule has 0 spiro atoms. The second-order valence-corrected chi connectivity index (χ2v) is 4.71. The molecular weight excluding hydrogens is 260 g/mol. The summed E-state index contributed by atoms with van der Waals surface area (Å²) in [6.07, 6.45) is 1.75. The molecule has 2 aromatic carbocycles. The number of fused-ring (bicyclic) bond motifs is 1. The lowest BCUT2D eigenvalue weighted by atomic mass is 10.1. The average Bonchev–Trinajstić information content (AvgIpc) is 2.89. The third kappa shape index (κ3) is 2.34. The molecule has 2 N–H and O–H groups in total. The number of hydrogen-bond acceptors (Lipinski definition) is 2. The molecule has 1 atom stereocenters. The van der Waals surface area contributed by atoms with Gasteiger partial charge in [-0.05, 0) is 42.8 Å². The molecule has 102 valence electrons. The number of nitrogens with zero attached hydrogens (tertiary/aromatic N) is 1. The van der Waals surface area contributed by atoms with E-state index < -0.39 is 11.6 Å². The molecule has 20 heavy (non-hydrogen) atoms. The summed E-state index contributed by atoms with van der Waals surface area (Å²) in [5, 5.41) is 11.1. The highest BCUT2D eigenvalue weighted by molar-refractivity contribution is 5.81. The van der Waals surface area contributed by atoms with Gasteiger partial charge in [-0.1, -0.05) is 6.07 Å². The topological polar surface area (TPSA) is 40.7 Å². The fourth-order valence-corrected chi connectivity index (χ4v) is 2.14. The predicted molar refractivity (Wildman–Crippen MR) is 74.5 cm³/mol. The van der Waals surface area contributed by atoms with Gasteiger partial charge in [-0.25, -0.2) is 8.78 Å². The second-order valence-electron chi connectivity index (χ2n) is 4.71. The first kappa shape index (κ1) is 12.6. The van der Waals surface area contributed by atoms with Gasteiger partial charge in [0.25, 0.3) is 0 Å². The number of aromatic nitrogens is 2. The number of rotatable bonds is 3. The molecule has 1 heterocycles. The predicted octanol–water partition coefficient (Wildman–Crippen LogP) is 4.01. The third-order valence-corrected chi connectivity index (χ3v) is 3.27. The summed E-state index contributed by atoms with van der Waals surface area (Å²) in [7, 11) is 0. The molecule has 3 aromatic rings. The fourth-order valence-electron chi connectivity index (χ4n) is 2.14. The quantitative estimate of drug-likeness (QED) is 0.756. The van der Waals surface area contributed by atoms with Gasteiger partial charge in [0.1, 0.15) is 0 Å². The Bertz CT molecular complexity index is 752. The van der Waals surface area contributed by atoms with E-state index in [1.807, 2.05) is 25.1 Å². The summed E-state index contributed by atoms with van der Waals surface area (Å²) in [6.45, 7) is 1.89. The Labute approximate surface area is 114 Å².